The predicted octanol–water partition coefficient (Wildman–Crippen LogP) is 5.69. The number of halogens is 3. The minimum absolute atomic E-state index is 0.322. The molecule has 0 aliphatic rings. The van der Waals surface area contributed by atoms with E-state index < -0.39 is 9.96 Å². The lowest BCUT2D eigenvalue weighted by Crippen LogP contribution is -2.49. The van der Waals surface area contributed by atoms with E-state index in [4.69, 9.17) is 34.8 Å². The lowest BCUT2D eigenvalue weighted by atomic mass is 10.1. The molecule has 6 heteroatoms. The Morgan fingerprint density at radius 2 is 1.65 bits per heavy atom. The van der Waals surface area contributed by atoms with Gasteiger partial charge < -0.3 is 10.6 Å². The fourth-order valence-electron chi connectivity index (χ4n) is 2.71. The minimum Gasteiger partial charge on any atom is -0.361 e. The molecular weight excluding hydrogens is 391 g/mol. The quantitative estimate of drug-likeness (QED) is 0.431. The van der Waals surface area contributed by atoms with Gasteiger partial charge in [-0.25, -0.2) is 0 Å². The first-order valence-corrected chi connectivity index (χ1v) is 9.16. The van der Waals surface area contributed by atoms with Crippen molar-refractivity contribution in [3.63, 3.8) is 0 Å². The third kappa shape index (κ3) is 4.42. The molecule has 0 aliphatic carbocycles. The molecule has 1 atom stereocenters. The topological polar surface area (TPSA) is 41.1 Å². The molecule has 1 amide bonds. The summed E-state index contributed by atoms with van der Waals surface area (Å²) in [5, 5.41) is 7.94. The number of carbonyl (C=O) groups excluding carboxylic acids is 1. The van der Waals surface area contributed by atoms with E-state index in [0.717, 1.165) is 22.0 Å². The molecule has 0 saturated carbocycles. The molecule has 134 valence electrons. The van der Waals surface area contributed by atoms with Gasteiger partial charge >= 0.3 is 0 Å². The maximum atomic E-state index is 12.6. The van der Waals surface area contributed by atoms with Crippen LogP contribution >= 0.6 is 34.8 Å². The Morgan fingerprint density at radius 3 is 2.38 bits per heavy atom. The van der Waals surface area contributed by atoms with Gasteiger partial charge in [0, 0.05) is 16.6 Å². The lowest BCUT2D eigenvalue weighted by molar-refractivity contribution is 0.0942. The molecule has 26 heavy (non-hydrogen) atoms. The van der Waals surface area contributed by atoms with Crippen molar-refractivity contribution in [3.05, 3.63) is 77.9 Å². The van der Waals surface area contributed by atoms with Crippen molar-refractivity contribution in [2.24, 2.45) is 0 Å². The van der Waals surface area contributed by atoms with E-state index in [1.807, 2.05) is 61.5 Å². The highest BCUT2D eigenvalue weighted by atomic mass is 35.6. The number of aryl methyl sites for hydroxylation is 1. The second-order valence-corrected chi connectivity index (χ2v) is 8.36. The zero-order valence-electron chi connectivity index (χ0n) is 14.0. The van der Waals surface area contributed by atoms with Gasteiger partial charge in [0.1, 0.15) is 6.17 Å². The summed E-state index contributed by atoms with van der Waals surface area (Å²) in [4.78, 5) is 12.6. The molecule has 0 aromatic heterocycles. The van der Waals surface area contributed by atoms with E-state index in [-0.39, 0.29) is 5.91 Å². The van der Waals surface area contributed by atoms with Crippen LogP contribution in [0.5, 0.6) is 0 Å². The van der Waals surface area contributed by atoms with Gasteiger partial charge in [0.15, 0.2) is 0 Å². The first kappa shape index (κ1) is 18.8. The smallest absolute Gasteiger partial charge is 0.252 e. The van der Waals surface area contributed by atoms with Crippen molar-refractivity contribution in [2.45, 2.75) is 16.9 Å². The molecular formula is C20H17Cl3N2O. The van der Waals surface area contributed by atoms with E-state index in [1.165, 1.54) is 0 Å². The number of hydrogen-bond donors (Lipinski definition) is 2. The molecule has 0 radical (unpaired) electrons. The number of fused-ring (bicyclic) bond motifs is 1. The molecule has 0 heterocycles. The number of amides is 1. The van der Waals surface area contributed by atoms with Crippen LogP contribution in [-0.2, 0) is 0 Å². The summed E-state index contributed by atoms with van der Waals surface area (Å²) >= 11 is 18.4. The maximum absolute atomic E-state index is 12.6. The fourth-order valence-corrected chi connectivity index (χ4v) is 3.03. The highest BCUT2D eigenvalue weighted by Gasteiger charge is 2.34. The van der Waals surface area contributed by atoms with Crippen LogP contribution in [0, 0.1) is 6.92 Å². The number of nitrogens with one attached hydrogen (secondary N) is 2. The van der Waals surface area contributed by atoms with Gasteiger partial charge in [-0.3, -0.25) is 4.79 Å². The summed E-state index contributed by atoms with van der Waals surface area (Å²) in [5.41, 5.74) is 2.25. The van der Waals surface area contributed by atoms with E-state index >= 15 is 0 Å². The molecule has 3 aromatic carbocycles. The monoisotopic (exact) mass is 406 g/mol. The van der Waals surface area contributed by atoms with E-state index in [9.17, 15) is 4.79 Å². The minimum atomic E-state index is -1.74. The van der Waals surface area contributed by atoms with Gasteiger partial charge in [0.05, 0.1) is 0 Å². The van der Waals surface area contributed by atoms with E-state index in [1.54, 1.807) is 12.1 Å². The summed E-state index contributed by atoms with van der Waals surface area (Å²) in [6.07, 6.45) is -0.911. The average Bonchev–Trinajstić information content (AvgIpc) is 2.60. The highest BCUT2D eigenvalue weighted by Crippen LogP contribution is 2.33. The van der Waals surface area contributed by atoms with Gasteiger partial charge in [-0.1, -0.05) is 88.9 Å². The summed E-state index contributed by atoms with van der Waals surface area (Å²) in [6, 6.07) is 20.9. The van der Waals surface area contributed by atoms with Crippen molar-refractivity contribution in [2.75, 3.05) is 5.32 Å². The van der Waals surface area contributed by atoms with Gasteiger partial charge in [-0.2, -0.15) is 0 Å². The summed E-state index contributed by atoms with van der Waals surface area (Å²) < 4.78 is -1.74. The number of benzene rings is 3. The van der Waals surface area contributed by atoms with Crippen LogP contribution in [0.4, 0.5) is 5.69 Å². The van der Waals surface area contributed by atoms with E-state index in [0.29, 0.717) is 5.56 Å². The second-order valence-electron chi connectivity index (χ2n) is 5.99. The largest absolute Gasteiger partial charge is 0.361 e. The average molecular weight is 408 g/mol. The summed E-state index contributed by atoms with van der Waals surface area (Å²) in [5.74, 6) is -0.322. The zero-order valence-corrected chi connectivity index (χ0v) is 16.2. The number of carbonyl (C=O) groups is 1. The summed E-state index contributed by atoms with van der Waals surface area (Å²) in [7, 11) is 0. The van der Waals surface area contributed by atoms with Gasteiger partial charge in [-0.05, 0) is 30.5 Å². The van der Waals surface area contributed by atoms with Crippen molar-refractivity contribution in [1.82, 2.24) is 5.32 Å². The highest BCUT2D eigenvalue weighted by molar-refractivity contribution is 6.68. The van der Waals surface area contributed by atoms with Crippen LogP contribution in [0.25, 0.3) is 10.8 Å². The SMILES string of the molecule is Cc1cccc(C(=O)N[C@H](Nc2cccc3ccccc23)C(Cl)(Cl)Cl)c1. The molecule has 0 bridgehead atoms. The Balaban J connectivity index is 1.88. The maximum Gasteiger partial charge on any atom is 0.252 e. The van der Waals surface area contributed by atoms with Crippen LogP contribution in [0.2, 0.25) is 0 Å². The first-order valence-electron chi connectivity index (χ1n) is 8.03. The molecule has 3 nitrogen and oxygen atoms in total. The molecule has 0 aliphatic heterocycles. The molecule has 0 unspecified atom stereocenters. The molecule has 0 spiro atoms. The van der Waals surface area contributed by atoms with Crippen molar-refractivity contribution >= 4 is 57.2 Å². The second kappa shape index (κ2) is 7.75. The van der Waals surface area contributed by atoms with E-state index in [2.05, 4.69) is 10.6 Å². The van der Waals surface area contributed by atoms with Gasteiger partial charge in [0.25, 0.3) is 5.91 Å². The predicted molar refractivity (Wildman–Crippen MR) is 110 cm³/mol. The van der Waals surface area contributed by atoms with Gasteiger partial charge in [-0.15, -0.1) is 0 Å². The third-order valence-electron chi connectivity index (χ3n) is 3.97. The molecule has 0 saturated heterocycles. The van der Waals surface area contributed by atoms with Crippen molar-refractivity contribution in [1.29, 1.82) is 0 Å². The number of hydrogen-bond acceptors (Lipinski definition) is 2. The Bertz CT molecular complexity index is 932. The third-order valence-corrected chi connectivity index (χ3v) is 4.63. The molecule has 3 aromatic rings. The normalized spacial score (nSPS) is 12.6. The lowest BCUT2D eigenvalue weighted by Gasteiger charge is -2.28. The number of anilines is 1. The van der Waals surface area contributed by atoms with Crippen LogP contribution in [0.3, 0.4) is 0 Å². The van der Waals surface area contributed by atoms with Gasteiger partial charge in [0.2, 0.25) is 3.79 Å². The number of alkyl halides is 3. The number of rotatable bonds is 4. The Labute approximate surface area is 167 Å². The molecule has 0 fully saturated rings. The van der Waals surface area contributed by atoms with Crippen molar-refractivity contribution in [3.8, 4) is 0 Å². The first-order chi connectivity index (χ1) is 12.3. The Kier molecular flexibility index (Phi) is 5.61. The standard InChI is InChI=1S/C20H17Cl3N2O/c1-13-6-4-9-15(12-13)18(26)25-19(20(21,22)23)24-17-11-5-8-14-7-2-3-10-16(14)17/h2-12,19,24H,1H3,(H,25,26)/t19-/m0/s1. The fraction of sp³-hybridized carbons (Fsp3) is 0.150. The van der Waals surface area contributed by atoms with Crippen LogP contribution in [0.1, 0.15) is 15.9 Å². The van der Waals surface area contributed by atoms with Crippen LogP contribution in [-0.4, -0.2) is 15.9 Å². The Hall–Kier alpha value is -1.94. The van der Waals surface area contributed by atoms with Crippen molar-refractivity contribution < 1.29 is 4.79 Å². The molecule has 2 N–H and O–H groups in total. The molecule has 3 rings (SSSR count). The Morgan fingerprint density at radius 1 is 0.962 bits per heavy atom. The zero-order chi connectivity index (χ0) is 18.7. The van der Waals surface area contributed by atoms with Crippen LogP contribution < -0.4 is 10.6 Å². The summed E-state index contributed by atoms with van der Waals surface area (Å²) in [6.45, 7) is 1.91. The van der Waals surface area contributed by atoms with Crippen LogP contribution in [0.15, 0.2) is 66.7 Å².